The van der Waals surface area contributed by atoms with Crippen molar-refractivity contribution in [2.24, 2.45) is 5.14 Å². The maximum absolute atomic E-state index is 12.4. The minimum absolute atomic E-state index is 0.0429. The van der Waals surface area contributed by atoms with E-state index in [1.165, 1.54) is 29.9 Å². The Hall–Kier alpha value is -2.39. The highest BCUT2D eigenvalue weighted by Gasteiger charge is 2.26. The lowest BCUT2D eigenvalue weighted by Gasteiger charge is -2.18. The van der Waals surface area contributed by atoms with Crippen molar-refractivity contribution in [1.82, 2.24) is 15.1 Å². The molecule has 1 aliphatic rings. The zero-order valence-corrected chi connectivity index (χ0v) is 14.9. The number of nitrogens with two attached hydrogens (primary N) is 1. The van der Waals surface area contributed by atoms with Crippen LogP contribution in [0.25, 0.3) is 0 Å². The van der Waals surface area contributed by atoms with Gasteiger partial charge in [-0.05, 0) is 43.5 Å². The predicted octanol–water partition coefficient (Wildman–Crippen LogP) is 1.91. The molecule has 0 saturated heterocycles. The molecule has 2 aromatic rings. The van der Waals surface area contributed by atoms with E-state index in [1.54, 1.807) is 20.0 Å². The molecule has 1 saturated carbocycles. The third-order valence-corrected chi connectivity index (χ3v) is 5.09. The summed E-state index contributed by atoms with van der Waals surface area (Å²) in [5.41, 5.74) is 3.05. The van der Waals surface area contributed by atoms with Crippen molar-refractivity contribution in [3.8, 4) is 0 Å². The number of anilines is 1. The zero-order valence-electron chi connectivity index (χ0n) is 14.1. The van der Waals surface area contributed by atoms with Crippen LogP contribution in [-0.2, 0) is 16.6 Å². The summed E-state index contributed by atoms with van der Waals surface area (Å²) in [7, 11) is -2.17. The van der Waals surface area contributed by atoms with Crippen LogP contribution in [0, 0.1) is 6.92 Å². The van der Waals surface area contributed by atoms with E-state index in [2.05, 4.69) is 15.5 Å². The van der Waals surface area contributed by atoms with Crippen molar-refractivity contribution in [1.29, 1.82) is 0 Å². The van der Waals surface area contributed by atoms with Gasteiger partial charge in [0, 0.05) is 18.7 Å². The molecule has 9 heteroatoms. The number of carbonyl (C=O) groups excluding carboxylic acids is 1. The molecule has 1 aliphatic carbocycles. The number of benzene rings is 1. The molecule has 1 aromatic heterocycles. The maximum atomic E-state index is 12.4. The number of hydrogen-bond donors (Lipinski definition) is 3. The van der Waals surface area contributed by atoms with Gasteiger partial charge < -0.3 is 10.2 Å². The predicted molar refractivity (Wildman–Crippen MR) is 93.6 cm³/mol. The Morgan fingerprint density at radius 3 is 2.76 bits per heavy atom. The fourth-order valence-electron chi connectivity index (χ4n) is 2.50. The van der Waals surface area contributed by atoms with Gasteiger partial charge in [-0.2, -0.15) is 5.10 Å². The lowest BCUT2D eigenvalue weighted by Crippen LogP contribution is -2.31. The van der Waals surface area contributed by atoms with Crippen molar-refractivity contribution >= 4 is 21.7 Å². The smallest absolute Gasteiger partial charge is 0.321 e. The molecular formula is C16H21N5O3S. The van der Waals surface area contributed by atoms with Gasteiger partial charge in [0.2, 0.25) is 10.0 Å². The molecule has 0 radical (unpaired) electrons. The Morgan fingerprint density at radius 1 is 1.40 bits per heavy atom. The first kappa shape index (κ1) is 17.4. The molecule has 0 spiro atoms. The Bertz CT molecular complexity index is 902. The summed E-state index contributed by atoms with van der Waals surface area (Å²) in [6.07, 6.45) is 2.33. The number of amides is 2. The molecule has 3 rings (SSSR count). The van der Waals surface area contributed by atoms with Crippen LogP contribution in [0.1, 0.15) is 35.7 Å². The third-order valence-electron chi connectivity index (χ3n) is 4.18. The van der Waals surface area contributed by atoms with E-state index in [1.807, 2.05) is 6.07 Å². The second kappa shape index (κ2) is 6.49. The van der Waals surface area contributed by atoms with Gasteiger partial charge in [-0.25, -0.2) is 18.4 Å². The van der Waals surface area contributed by atoms with Crippen LogP contribution in [0.4, 0.5) is 10.5 Å². The van der Waals surface area contributed by atoms with Crippen LogP contribution in [0.3, 0.4) is 0 Å². The minimum atomic E-state index is -3.82. The second-order valence-corrected chi connectivity index (χ2v) is 7.96. The molecule has 0 aliphatic heterocycles. The van der Waals surface area contributed by atoms with Gasteiger partial charge in [0.1, 0.15) is 0 Å². The molecular weight excluding hydrogens is 342 g/mol. The van der Waals surface area contributed by atoms with Crippen molar-refractivity contribution in [3.05, 3.63) is 41.2 Å². The van der Waals surface area contributed by atoms with Gasteiger partial charge in [0.05, 0.1) is 22.8 Å². The van der Waals surface area contributed by atoms with Crippen molar-refractivity contribution in [2.75, 3.05) is 12.4 Å². The van der Waals surface area contributed by atoms with Crippen molar-refractivity contribution in [3.63, 3.8) is 0 Å². The van der Waals surface area contributed by atoms with Gasteiger partial charge in [-0.3, -0.25) is 5.10 Å². The molecule has 134 valence electrons. The summed E-state index contributed by atoms with van der Waals surface area (Å²) in [6.45, 7) is 2.15. The lowest BCUT2D eigenvalue weighted by molar-refractivity contribution is 0.220. The Kier molecular flexibility index (Phi) is 4.53. The molecule has 8 nitrogen and oxygen atoms in total. The zero-order chi connectivity index (χ0) is 18.2. The quantitative estimate of drug-likeness (QED) is 0.751. The summed E-state index contributed by atoms with van der Waals surface area (Å²) in [5.74, 6) is 0.549. The number of nitrogens with one attached hydrogen (secondary N) is 2. The summed E-state index contributed by atoms with van der Waals surface area (Å²) >= 11 is 0. The summed E-state index contributed by atoms with van der Waals surface area (Å²) in [5, 5.41) is 15.1. The number of urea groups is 1. The Labute approximate surface area is 146 Å². The van der Waals surface area contributed by atoms with Gasteiger partial charge in [0.25, 0.3) is 0 Å². The van der Waals surface area contributed by atoms with E-state index in [0.717, 1.165) is 17.0 Å². The van der Waals surface area contributed by atoms with Gasteiger partial charge in [0.15, 0.2) is 0 Å². The average Bonchev–Trinajstić information content (AvgIpc) is 3.28. The number of nitrogens with zero attached hydrogens (tertiary/aromatic N) is 2. The Balaban J connectivity index is 1.68. The van der Waals surface area contributed by atoms with Gasteiger partial charge in [-0.15, -0.1) is 0 Å². The number of aryl methyl sites for hydroxylation is 1. The number of carbonyl (C=O) groups is 1. The second-order valence-electron chi connectivity index (χ2n) is 6.40. The van der Waals surface area contributed by atoms with Crippen LogP contribution in [0.15, 0.2) is 29.2 Å². The van der Waals surface area contributed by atoms with E-state index in [4.69, 9.17) is 5.14 Å². The van der Waals surface area contributed by atoms with Crippen molar-refractivity contribution < 1.29 is 13.2 Å². The molecule has 0 unspecified atom stereocenters. The van der Waals surface area contributed by atoms with Crippen molar-refractivity contribution in [2.45, 2.75) is 37.1 Å². The highest BCUT2D eigenvalue weighted by Crippen LogP contribution is 2.39. The molecule has 0 bridgehead atoms. The molecule has 1 fully saturated rings. The summed E-state index contributed by atoms with van der Waals surface area (Å²) in [6, 6.07) is 6.00. The SMILES string of the molecule is Cc1ccc(S(N)(=O)=O)cc1NC(=O)N(C)Cc1cc(C2CC2)n[nH]1. The first-order valence-corrected chi connectivity index (χ1v) is 9.48. The molecule has 4 N–H and O–H groups in total. The highest BCUT2D eigenvalue weighted by molar-refractivity contribution is 7.89. The highest BCUT2D eigenvalue weighted by atomic mass is 32.2. The molecule has 1 heterocycles. The summed E-state index contributed by atoms with van der Waals surface area (Å²) in [4.78, 5) is 13.8. The minimum Gasteiger partial charge on any atom is -0.322 e. The number of rotatable bonds is 5. The van der Waals surface area contributed by atoms with E-state index < -0.39 is 10.0 Å². The topological polar surface area (TPSA) is 121 Å². The van der Waals surface area contributed by atoms with Crippen LogP contribution in [0.2, 0.25) is 0 Å². The number of hydrogen-bond acceptors (Lipinski definition) is 4. The fourth-order valence-corrected chi connectivity index (χ4v) is 3.04. The van der Waals surface area contributed by atoms with E-state index in [0.29, 0.717) is 18.2 Å². The standard InChI is InChI=1S/C16H21N5O3S/c1-10-3-6-13(25(17,23)24)8-14(10)18-16(22)21(2)9-12-7-15(20-19-12)11-4-5-11/h3,6-8,11H,4-5,9H2,1-2H3,(H,18,22)(H,19,20)(H2,17,23,24). The largest absolute Gasteiger partial charge is 0.322 e. The number of sulfonamides is 1. The fraction of sp³-hybridized carbons (Fsp3) is 0.375. The number of H-pyrrole nitrogens is 1. The third kappa shape index (κ3) is 4.18. The number of aromatic amines is 1. The average molecular weight is 363 g/mol. The van der Waals surface area contributed by atoms with E-state index >= 15 is 0 Å². The lowest BCUT2D eigenvalue weighted by atomic mass is 10.2. The van der Waals surface area contributed by atoms with Gasteiger partial charge >= 0.3 is 6.03 Å². The normalized spacial score (nSPS) is 14.4. The Morgan fingerprint density at radius 2 is 2.12 bits per heavy atom. The van der Waals surface area contributed by atoms with Crippen LogP contribution < -0.4 is 10.5 Å². The van der Waals surface area contributed by atoms with E-state index in [9.17, 15) is 13.2 Å². The first-order valence-electron chi connectivity index (χ1n) is 7.94. The monoisotopic (exact) mass is 363 g/mol. The molecule has 1 aromatic carbocycles. The maximum Gasteiger partial charge on any atom is 0.321 e. The van der Waals surface area contributed by atoms with Crippen LogP contribution in [-0.4, -0.2) is 36.6 Å². The van der Waals surface area contributed by atoms with Crippen LogP contribution >= 0.6 is 0 Å². The first-order chi connectivity index (χ1) is 11.7. The van der Waals surface area contributed by atoms with E-state index in [-0.39, 0.29) is 10.9 Å². The summed E-state index contributed by atoms with van der Waals surface area (Å²) < 4.78 is 22.9. The molecule has 0 atom stereocenters. The molecule has 25 heavy (non-hydrogen) atoms. The number of aromatic nitrogens is 2. The number of primary sulfonamides is 1. The van der Waals surface area contributed by atoms with Gasteiger partial charge in [-0.1, -0.05) is 6.07 Å². The molecule has 2 amide bonds. The van der Waals surface area contributed by atoms with Crippen LogP contribution in [0.5, 0.6) is 0 Å².